The number of ether oxygens (including phenoxy) is 1. The smallest absolute Gasteiger partial charge is 0.260 e. The molecule has 0 radical (unpaired) electrons. The molecule has 0 unspecified atom stereocenters. The molecule has 4 nitrogen and oxygen atoms in total. The number of amides is 1. The number of aliphatic hydroxyl groups excluding tert-OH is 1. The van der Waals surface area contributed by atoms with Crippen LogP contribution in [0.4, 0.5) is 0 Å². The number of aryl methyl sites for hydroxylation is 2. The Kier molecular flexibility index (Phi) is 5.01. The number of benzene rings is 1. The van der Waals surface area contributed by atoms with E-state index in [1.165, 1.54) is 0 Å². The lowest BCUT2D eigenvalue weighted by molar-refractivity contribution is -0.138. The zero-order valence-corrected chi connectivity index (χ0v) is 12.3. The molecule has 4 heteroatoms. The first-order valence-electron chi connectivity index (χ1n) is 7.22. The Morgan fingerprint density at radius 3 is 2.75 bits per heavy atom. The fraction of sp³-hybridized carbons (Fsp3) is 0.562. The van der Waals surface area contributed by atoms with Crippen LogP contribution in [0.25, 0.3) is 0 Å². The molecule has 0 spiro atoms. The van der Waals surface area contributed by atoms with Gasteiger partial charge >= 0.3 is 0 Å². The van der Waals surface area contributed by atoms with Crippen LogP contribution in [0.15, 0.2) is 18.2 Å². The van der Waals surface area contributed by atoms with E-state index in [9.17, 15) is 4.79 Å². The second kappa shape index (κ2) is 6.75. The van der Waals surface area contributed by atoms with E-state index in [0.717, 1.165) is 36.1 Å². The molecule has 1 amide bonds. The zero-order valence-electron chi connectivity index (χ0n) is 12.3. The Hall–Kier alpha value is -1.55. The maximum absolute atomic E-state index is 12.2. The van der Waals surface area contributed by atoms with Crippen LogP contribution in [0.5, 0.6) is 5.75 Å². The van der Waals surface area contributed by atoms with Gasteiger partial charge in [-0.05, 0) is 50.3 Å². The Balaban J connectivity index is 1.94. The van der Waals surface area contributed by atoms with E-state index in [0.29, 0.717) is 6.54 Å². The lowest BCUT2D eigenvalue weighted by Gasteiger charge is -2.37. The van der Waals surface area contributed by atoms with Gasteiger partial charge in [-0.1, -0.05) is 12.1 Å². The predicted molar refractivity (Wildman–Crippen MR) is 77.8 cm³/mol. The van der Waals surface area contributed by atoms with Gasteiger partial charge in [-0.15, -0.1) is 0 Å². The molecule has 1 N–H and O–H groups in total. The molecule has 0 aromatic heterocycles. The van der Waals surface area contributed by atoms with E-state index in [1.807, 2.05) is 32.0 Å². The molecular formula is C16H23NO3. The van der Waals surface area contributed by atoms with E-state index < -0.39 is 0 Å². The SMILES string of the molecule is Cc1ccc(C)c(OCC(=O)N(CCO)C2CCC2)c1. The van der Waals surface area contributed by atoms with Gasteiger partial charge in [-0.25, -0.2) is 0 Å². The molecule has 1 aromatic carbocycles. The van der Waals surface area contributed by atoms with Crippen LogP contribution in [-0.4, -0.2) is 41.7 Å². The molecule has 0 aliphatic heterocycles. The molecule has 2 rings (SSSR count). The highest BCUT2D eigenvalue weighted by atomic mass is 16.5. The summed E-state index contributed by atoms with van der Waals surface area (Å²) in [7, 11) is 0. The third-order valence-electron chi connectivity index (χ3n) is 3.87. The molecule has 0 atom stereocenters. The fourth-order valence-electron chi connectivity index (χ4n) is 2.40. The molecule has 20 heavy (non-hydrogen) atoms. The fourth-order valence-corrected chi connectivity index (χ4v) is 2.40. The van der Waals surface area contributed by atoms with E-state index in [1.54, 1.807) is 4.90 Å². The van der Waals surface area contributed by atoms with Crippen molar-refractivity contribution in [1.29, 1.82) is 0 Å². The van der Waals surface area contributed by atoms with Gasteiger partial charge in [0.1, 0.15) is 5.75 Å². The second-order valence-corrected chi connectivity index (χ2v) is 5.45. The molecule has 110 valence electrons. The molecule has 0 heterocycles. The number of carbonyl (C=O) groups excluding carboxylic acids is 1. The van der Waals surface area contributed by atoms with Gasteiger partial charge in [0.25, 0.3) is 5.91 Å². The van der Waals surface area contributed by atoms with Crippen molar-refractivity contribution >= 4 is 5.91 Å². The Labute approximate surface area is 120 Å². The van der Waals surface area contributed by atoms with Crippen molar-refractivity contribution in [3.8, 4) is 5.75 Å². The molecule has 0 bridgehead atoms. The highest BCUT2D eigenvalue weighted by Gasteiger charge is 2.28. The summed E-state index contributed by atoms with van der Waals surface area (Å²) >= 11 is 0. The highest BCUT2D eigenvalue weighted by molar-refractivity contribution is 5.78. The first kappa shape index (κ1) is 14.9. The van der Waals surface area contributed by atoms with Crippen molar-refractivity contribution in [1.82, 2.24) is 4.90 Å². The minimum Gasteiger partial charge on any atom is -0.483 e. The van der Waals surface area contributed by atoms with Crippen LogP contribution in [0, 0.1) is 13.8 Å². The van der Waals surface area contributed by atoms with Gasteiger partial charge in [0.05, 0.1) is 6.61 Å². The van der Waals surface area contributed by atoms with Gasteiger partial charge < -0.3 is 14.7 Å². The maximum atomic E-state index is 12.2. The van der Waals surface area contributed by atoms with Crippen LogP contribution in [0.3, 0.4) is 0 Å². The molecule has 1 fully saturated rings. The summed E-state index contributed by atoms with van der Waals surface area (Å²) in [6.07, 6.45) is 3.24. The standard InChI is InChI=1S/C16H23NO3/c1-12-6-7-13(2)15(10-12)20-11-16(19)17(8-9-18)14-4-3-5-14/h6-7,10,14,18H,3-5,8-9,11H2,1-2H3. The summed E-state index contributed by atoms with van der Waals surface area (Å²) in [5.74, 6) is 0.723. The van der Waals surface area contributed by atoms with Crippen molar-refractivity contribution in [3.63, 3.8) is 0 Å². The first-order valence-corrected chi connectivity index (χ1v) is 7.22. The van der Waals surface area contributed by atoms with Gasteiger partial charge in [0, 0.05) is 12.6 Å². The quantitative estimate of drug-likeness (QED) is 0.866. The first-order chi connectivity index (χ1) is 9.61. The summed E-state index contributed by atoms with van der Waals surface area (Å²) < 4.78 is 5.65. The van der Waals surface area contributed by atoms with Crippen molar-refractivity contribution in [2.75, 3.05) is 19.8 Å². The minimum absolute atomic E-state index is 0.00567. The average molecular weight is 277 g/mol. The number of carbonyl (C=O) groups is 1. The third kappa shape index (κ3) is 3.51. The van der Waals surface area contributed by atoms with Crippen molar-refractivity contribution in [2.45, 2.75) is 39.2 Å². The van der Waals surface area contributed by atoms with E-state index in [-0.39, 0.29) is 25.2 Å². The number of hydrogen-bond donors (Lipinski definition) is 1. The highest BCUT2D eigenvalue weighted by Crippen LogP contribution is 2.25. The van der Waals surface area contributed by atoms with Crippen LogP contribution in [0.1, 0.15) is 30.4 Å². The summed E-state index contributed by atoms with van der Waals surface area (Å²) in [4.78, 5) is 14.0. The molecule has 0 saturated heterocycles. The lowest BCUT2D eigenvalue weighted by Crippen LogP contribution is -2.47. The van der Waals surface area contributed by atoms with Gasteiger partial charge in [-0.3, -0.25) is 4.79 Å². The molecule has 1 aliphatic rings. The van der Waals surface area contributed by atoms with Crippen molar-refractivity contribution in [2.24, 2.45) is 0 Å². The minimum atomic E-state index is -0.0374. The van der Waals surface area contributed by atoms with Crippen molar-refractivity contribution < 1.29 is 14.6 Å². The monoisotopic (exact) mass is 277 g/mol. The van der Waals surface area contributed by atoms with Crippen LogP contribution < -0.4 is 4.74 Å². The number of rotatable bonds is 6. The molecular weight excluding hydrogens is 254 g/mol. The Morgan fingerprint density at radius 2 is 2.15 bits per heavy atom. The summed E-state index contributed by atoms with van der Waals surface area (Å²) in [5.41, 5.74) is 2.14. The summed E-state index contributed by atoms with van der Waals surface area (Å²) in [6.45, 7) is 4.42. The topological polar surface area (TPSA) is 49.8 Å². The predicted octanol–water partition coefficient (Wildman–Crippen LogP) is 2.06. The van der Waals surface area contributed by atoms with Gasteiger partial charge in [-0.2, -0.15) is 0 Å². The lowest BCUT2D eigenvalue weighted by atomic mass is 9.91. The zero-order chi connectivity index (χ0) is 14.5. The summed E-state index contributed by atoms with van der Waals surface area (Å²) in [5, 5.41) is 9.09. The van der Waals surface area contributed by atoms with Crippen LogP contribution in [0.2, 0.25) is 0 Å². The van der Waals surface area contributed by atoms with Crippen molar-refractivity contribution in [3.05, 3.63) is 29.3 Å². The molecule has 1 aromatic rings. The molecule has 1 saturated carbocycles. The second-order valence-electron chi connectivity index (χ2n) is 5.45. The molecule has 1 aliphatic carbocycles. The van der Waals surface area contributed by atoms with E-state index in [4.69, 9.17) is 9.84 Å². The number of hydrogen-bond acceptors (Lipinski definition) is 3. The Morgan fingerprint density at radius 1 is 1.40 bits per heavy atom. The maximum Gasteiger partial charge on any atom is 0.260 e. The van der Waals surface area contributed by atoms with Crippen LogP contribution in [-0.2, 0) is 4.79 Å². The van der Waals surface area contributed by atoms with Crippen LogP contribution >= 0.6 is 0 Å². The third-order valence-corrected chi connectivity index (χ3v) is 3.87. The van der Waals surface area contributed by atoms with Gasteiger partial charge in [0.15, 0.2) is 6.61 Å². The number of nitrogens with zero attached hydrogens (tertiary/aromatic N) is 1. The average Bonchev–Trinajstić information content (AvgIpc) is 2.37. The largest absolute Gasteiger partial charge is 0.483 e. The Bertz CT molecular complexity index is 469. The van der Waals surface area contributed by atoms with Gasteiger partial charge in [0.2, 0.25) is 0 Å². The van der Waals surface area contributed by atoms with E-state index in [2.05, 4.69) is 0 Å². The summed E-state index contributed by atoms with van der Waals surface area (Å²) in [6, 6.07) is 6.25. The normalized spacial score (nSPS) is 14.8. The van der Waals surface area contributed by atoms with E-state index >= 15 is 0 Å². The number of aliphatic hydroxyl groups is 1.